The van der Waals surface area contributed by atoms with Crippen LogP contribution in [0.25, 0.3) is 0 Å². The summed E-state index contributed by atoms with van der Waals surface area (Å²) in [4.78, 5) is 6.75. The van der Waals surface area contributed by atoms with E-state index in [-0.39, 0.29) is 0 Å². The molecule has 3 heterocycles. The third-order valence-electron chi connectivity index (χ3n) is 4.71. The molecule has 1 aromatic heterocycles. The van der Waals surface area contributed by atoms with Crippen LogP contribution in [-0.4, -0.2) is 39.6 Å². The number of pyridine rings is 1. The minimum atomic E-state index is -3.52. The summed E-state index contributed by atoms with van der Waals surface area (Å²) in [5.41, 5.74) is 1.34. The van der Waals surface area contributed by atoms with Crippen molar-refractivity contribution in [1.82, 2.24) is 14.6 Å². The molecule has 2 N–H and O–H groups in total. The van der Waals surface area contributed by atoms with Gasteiger partial charge in [0.2, 0.25) is 0 Å². The highest BCUT2D eigenvalue weighted by molar-refractivity contribution is 7.96. The number of rotatable bonds is 2. The highest BCUT2D eigenvalue weighted by Crippen LogP contribution is 2.33. The first kappa shape index (κ1) is 15.7. The summed E-state index contributed by atoms with van der Waals surface area (Å²) in [6, 6.07) is 11.0. The Bertz CT molecular complexity index is 785. The van der Waals surface area contributed by atoms with Crippen molar-refractivity contribution in [2.75, 3.05) is 25.0 Å². The maximum atomic E-state index is 12.7. The minimum Gasteiger partial charge on any atom is -0.593 e. The van der Waals surface area contributed by atoms with Crippen LogP contribution in [0, 0.1) is 0 Å². The Hall–Kier alpha value is -1.80. The predicted molar refractivity (Wildman–Crippen MR) is 92.0 cm³/mol. The molecule has 0 radical (unpaired) electrons. The van der Waals surface area contributed by atoms with Gasteiger partial charge in [0.15, 0.2) is 15.3 Å². The summed E-state index contributed by atoms with van der Waals surface area (Å²) < 4.78 is 28.4. The van der Waals surface area contributed by atoms with E-state index in [2.05, 4.69) is 19.9 Å². The second-order valence-electron chi connectivity index (χ2n) is 6.56. The van der Waals surface area contributed by atoms with Crippen molar-refractivity contribution in [1.29, 1.82) is 0 Å². The van der Waals surface area contributed by atoms with Gasteiger partial charge in [-0.1, -0.05) is 22.4 Å². The van der Waals surface area contributed by atoms with Crippen LogP contribution in [-0.2, 0) is 21.2 Å². The summed E-state index contributed by atoms with van der Waals surface area (Å²) in [5.74, 6) is 0. The lowest BCUT2D eigenvalue weighted by Gasteiger charge is -2.29. The number of hydrogen-bond donors (Lipinski definition) is 2. The average molecular weight is 344 g/mol. The molecule has 126 valence electrons. The fourth-order valence-corrected chi connectivity index (χ4v) is 5.16. The zero-order valence-corrected chi connectivity index (χ0v) is 14.1. The molecule has 2 unspecified atom stereocenters. The molecule has 1 saturated heterocycles. The molecule has 0 bridgehead atoms. The van der Waals surface area contributed by atoms with Gasteiger partial charge in [-0.2, -0.15) is 0 Å². The van der Waals surface area contributed by atoms with E-state index in [0.29, 0.717) is 23.7 Å². The van der Waals surface area contributed by atoms with E-state index in [1.165, 1.54) is 0 Å². The van der Waals surface area contributed by atoms with E-state index >= 15 is 0 Å². The highest BCUT2D eigenvalue weighted by atomic mass is 32.3. The molecule has 2 aromatic rings. The fraction of sp³-hybridized carbons (Fsp3) is 0.353. The lowest BCUT2D eigenvalue weighted by Crippen LogP contribution is -2.55. The van der Waals surface area contributed by atoms with Crippen LogP contribution in [0.5, 0.6) is 0 Å². The lowest BCUT2D eigenvalue weighted by molar-refractivity contribution is 0.296. The van der Waals surface area contributed by atoms with Gasteiger partial charge in [0.1, 0.15) is 0 Å². The maximum absolute atomic E-state index is 12.7. The SMILES string of the molecule is O=[S+]1([O-])NC2(CCN(Cc3cccnc3)C2)CNc2ccccc21. The normalized spacial score (nSPS) is 29.9. The van der Waals surface area contributed by atoms with Gasteiger partial charge in [-0.25, -0.2) is 0 Å². The fourth-order valence-electron chi connectivity index (χ4n) is 3.56. The molecule has 0 aliphatic carbocycles. The number of sulfonamides is 1. The zero-order valence-electron chi connectivity index (χ0n) is 13.3. The van der Waals surface area contributed by atoms with Gasteiger partial charge in [-0.05, 0) is 30.2 Å². The van der Waals surface area contributed by atoms with Gasteiger partial charge >= 0.3 is 0 Å². The number of para-hydroxylation sites is 1. The number of aromatic nitrogens is 1. The van der Waals surface area contributed by atoms with Crippen molar-refractivity contribution in [2.45, 2.75) is 23.4 Å². The number of nitrogens with one attached hydrogen (secondary N) is 2. The summed E-state index contributed by atoms with van der Waals surface area (Å²) in [6.45, 7) is 2.91. The van der Waals surface area contributed by atoms with Crippen LogP contribution >= 0.6 is 0 Å². The molecule has 7 heteroatoms. The van der Waals surface area contributed by atoms with Gasteiger partial charge in [0, 0.05) is 38.6 Å². The first-order chi connectivity index (χ1) is 11.6. The van der Waals surface area contributed by atoms with Crippen LogP contribution in [0.2, 0.25) is 0 Å². The number of benzene rings is 1. The van der Waals surface area contributed by atoms with E-state index in [1.54, 1.807) is 18.3 Å². The van der Waals surface area contributed by atoms with Crippen molar-refractivity contribution >= 4 is 16.1 Å². The number of nitrogens with zero attached hydrogens (tertiary/aromatic N) is 2. The second-order valence-corrected chi connectivity index (χ2v) is 8.21. The standard InChI is InChI=1S/C17H20N4O2S/c22-24(23)16-6-2-1-5-15(16)19-12-17(20-24)7-9-21(13-17)11-14-4-3-8-18-10-14/h1-6,8,10,19H,7,9,11-13H2,(H-,20,22,23). The Morgan fingerprint density at radius 1 is 1.29 bits per heavy atom. The third-order valence-corrected chi connectivity index (χ3v) is 6.34. The Kier molecular flexibility index (Phi) is 3.88. The summed E-state index contributed by atoms with van der Waals surface area (Å²) in [5, 5.41) is 3.32. The van der Waals surface area contributed by atoms with Crippen LogP contribution in [0.4, 0.5) is 5.69 Å². The Balaban J connectivity index is 1.54. The molecule has 0 saturated carbocycles. The largest absolute Gasteiger partial charge is 0.593 e. The predicted octanol–water partition coefficient (Wildman–Crippen LogP) is 1.65. The van der Waals surface area contributed by atoms with Gasteiger partial charge in [0.25, 0.3) is 0 Å². The van der Waals surface area contributed by atoms with E-state index in [1.807, 2.05) is 30.5 Å². The number of likely N-dealkylation sites (tertiary alicyclic amines) is 1. The smallest absolute Gasteiger partial charge is 0.198 e. The Labute approximate surface area is 142 Å². The van der Waals surface area contributed by atoms with Gasteiger partial charge in [-0.3, -0.25) is 9.88 Å². The summed E-state index contributed by atoms with van der Waals surface area (Å²) >= 11 is 0. The van der Waals surface area contributed by atoms with Crippen molar-refractivity contribution in [3.05, 3.63) is 54.4 Å². The molecule has 2 atom stereocenters. The maximum Gasteiger partial charge on any atom is 0.198 e. The molecule has 1 fully saturated rings. The van der Waals surface area contributed by atoms with Crippen molar-refractivity contribution < 1.29 is 8.76 Å². The lowest BCUT2D eigenvalue weighted by atomic mass is 10.00. The molecular weight excluding hydrogens is 324 g/mol. The van der Waals surface area contributed by atoms with E-state index in [4.69, 9.17) is 0 Å². The molecular formula is C17H20N4O2S. The van der Waals surface area contributed by atoms with Crippen molar-refractivity contribution in [3.63, 3.8) is 0 Å². The first-order valence-corrected chi connectivity index (χ1v) is 9.53. The monoisotopic (exact) mass is 344 g/mol. The minimum absolute atomic E-state index is 0.326. The third kappa shape index (κ3) is 2.95. The van der Waals surface area contributed by atoms with Crippen LogP contribution in [0.3, 0.4) is 0 Å². The summed E-state index contributed by atoms with van der Waals surface area (Å²) in [7, 11) is -3.52. The molecule has 6 nitrogen and oxygen atoms in total. The molecule has 1 aromatic carbocycles. The first-order valence-electron chi connectivity index (χ1n) is 8.05. The molecule has 2 aliphatic heterocycles. The second kappa shape index (κ2) is 5.93. The van der Waals surface area contributed by atoms with Crippen molar-refractivity contribution in [3.8, 4) is 0 Å². The van der Waals surface area contributed by atoms with Crippen LogP contribution in [0.15, 0.2) is 53.7 Å². The molecule has 0 amide bonds. The van der Waals surface area contributed by atoms with Crippen LogP contribution in [0.1, 0.15) is 12.0 Å². The number of hydrogen-bond acceptors (Lipinski definition) is 5. The number of fused-ring (bicyclic) bond motifs is 1. The van der Waals surface area contributed by atoms with Crippen molar-refractivity contribution in [2.24, 2.45) is 0 Å². The molecule has 1 spiro atoms. The van der Waals surface area contributed by atoms with Gasteiger partial charge < -0.3 is 9.87 Å². The van der Waals surface area contributed by atoms with Gasteiger partial charge in [0.05, 0.1) is 11.2 Å². The zero-order chi connectivity index (χ0) is 16.6. The van der Waals surface area contributed by atoms with E-state index in [9.17, 15) is 8.76 Å². The topological polar surface area (TPSA) is 80.3 Å². The molecule has 24 heavy (non-hydrogen) atoms. The number of anilines is 1. The van der Waals surface area contributed by atoms with Crippen LogP contribution < -0.4 is 10.0 Å². The summed E-state index contributed by atoms with van der Waals surface area (Å²) in [6.07, 6.45) is 4.40. The quantitative estimate of drug-likeness (QED) is 0.810. The van der Waals surface area contributed by atoms with E-state index < -0.39 is 15.9 Å². The average Bonchev–Trinajstić information content (AvgIpc) is 2.91. The molecule has 4 rings (SSSR count). The highest BCUT2D eigenvalue weighted by Gasteiger charge is 2.46. The Morgan fingerprint density at radius 3 is 3.00 bits per heavy atom. The van der Waals surface area contributed by atoms with Gasteiger partial charge in [-0.15, -0.1) is 4.72 Å². The van der Waals surface area contributed by atoms with E-state index in [0.717, 1.165) is 25.1 Å². The molecule has 2 aliphatic rings. The Morgan fingerprint density at radius 2 is 2.17 bits per heavy atom.